The minimum Gasteiger partial charge on any atom is -0.508 e. The Balaban J connectivity index is 1.39. The molecule has 11 nitrogen and oxygen atoms in total. The molecule has 1 unspecified atom stereocenters. The van der Waals surface area contributed by atoms with E-state index in [-0.39, 0.29) is 35.7 Å². The van der Waals surface area contributed by atoms with Gasteiger partial charge in [0.05, 0.1) is 28.6 Å². The molecule has 4 atom stereocenters. The quantitative estimate of drug-likeness (QED) is 0.345. The highest BCUT2D eigenvalue weighted by Crippen LogP contribution is 2.34. The number of anilines is 1. The number of carbonyl (C=O) groups is 3. The van der Waals surface area contributed by atoms with Crippen LogP contribution in [0.15, 0.2) is 77.7 Å². The van der Waals surface area contributed by atoms with Crippen LogP contribution in [0.4, 0.5) is 5.69 Å². The molecule has 3 aromatic carbocycles. The Morgan fingerprint density at radius 1 is 0.977 bits per heavy atom. The van der Waals surface area contributed by atoms with Crippen molar-refractivity contribution in [3.05, 3.63) is 89.5 Å². The predicted octanol–water partition coefficient (Wildman–Crippen LogP) is 1.69. The Hall–Kier alpha value is -4.42. The molecule has 44 heavy (non-hydrogen) atoms. The van der Waals surface area contributed by atoms with Crippen molar-refractivity contribution in [1.82, 2.24) is 15.1 Å². The van der Waals surface area contributed by atoms with Gasteiger partial charge in [0.1, 0.15) is 11.8 Å². The molecule has 0 saturated carbocycles. The summed E-state index contributed by atoms with van der Waals surface area (Å²) in [6.45, 7) is 0.172. The Morgan fingerprint density at radius 3 is 2.27 bits per heavy atom. The summed E-state index contributed by atoms with van der Waals surface area (Å²) >= 11 is 0. The Bertz CT molecular complexity index is 1660. The van der Waals surface area contributed by atoms with Gasteiger partial charge in [0.15, 0.2) is 9.84 Å². The van der Waals surface area contributed by atoms with Gasteiger partial charge < -0.3 is 30.2 Å². The molecule has 232 valence electrons. The van der Waals surface area contributed by atoms with Gasteiger partial charge in [-0.1, -0.05) is 24.3 Å². The summed E-state index contributed by atoms with van der Waals surface area (Å²) in [6.07, 6.45) is 0.487. The number of benzene rings is 3. The molecule has 5 rings (SSSR count). The van der Waals surface area contributed by atoms with Crippen molar-refractivity contribution in [3.8, 4) is 5.75 Å². The van der Waals surface area contributed by atoms with Gasteiger partial charge in [0, 0.05) is 51.1 Å². The second-order valence-corrected chi connectivity index (χ2v) is 13.5. The summed E-state index contributed by atoms with van der Waals surface area (Å²) in [6, 6.07) is 17.0. The molecule has 0 aliphatic carbocycles. The third-order valence-corrected chi connectivity index (χ3v) is 9.44. The van der Waals surface area contributed by atoms with Crippen LogP contribution in [0.2, 0.25) is 0 Å². The van der Waals surface area contributed by atoms with Gasteiger partial charge in [0.2, 0.25) is 5.91 Å². The van der Waals surface area contributed by atoms with Gasteiger partial charge in [-0.15, -0.1) is 0 Å². The third kappa shape index (κ3) is 6.27. The number of aliphatic hydroxyl groups is 1. The molecular formula is C32H36N4O7S. The number of rotatable bonds is 8. The third-order valence-electron chi connectivity index (χ3n) is 8.28. The summed E-state index contributed by atoms with van der Waals surface area (Å²) in [5.74, 6) is -1.31. The average molecular weight is 621 g/mol. The molecule has 12 heteroatoms. The lowest BCUT2D eigenvalue weighted by atomic mass is 10.0. The molecule has 2 aliphatic heterocycles. The van der Waals surface area contributed by atoms with E-state index in [1.54, 1.807) is 48.5 Å². The average Bonchev–Trinajstić information content (AvgIpc) is 3.58. The standard InChI is InChI=1S/C32H36N4O7S/c1-34(2)22-12-10-21(11-13-22)30(39)33-25(18-20-8-14-23(37)15-9-20)32(41)35-17-16-26-29(35)27(38)19-36(26)31(40)24-6-4-5-7-28(24)44(3,42)43/h4-15,25-27,29,37-38H,16-19H2,1-3H3,(H,33,39)/t25-,26+,27?,29-/m0/s1. The van der Waals surface area contributed by atoms with Crippen molar-refractivity contribution in [2.24, 2.45) is 0 Å². The number of nitrogens with zero attached hydrogens (tertiary/aromatic N) is 3. The van der Waals surface area contributed by atoms with Gasteiger partial charge in [-0.05, 0) is 60.5 Å². The fraction of sp³-hybridized carbons (Fsp3) is 0.344. The maximum Gasteiger partial charge on any atom is 0.255 e. The van der Waals surface area contributed by atoms with E-state index in [0.717, 1.165) is 11.9 Å². The van der Waals surface area contributed by atoms with Crippen LogP contribution in [0.5, 0.6) is 5.75 Å². The summed E-state index contributed by atoms with van der Waals surface area (Å²) < 4.78 is 24.7. The van der Waals surface area contributed by atoms with E-state index in [4.69, 9.17) is 0 Å². The largest absolute Gasteiger partial charge is 0.508 e. The number of hydrogen-bond acceptors (Lipinski definition) is 8. The zero-order valence-corrected chi connectivity index (χ0v) is 25.6. The summed E-state index contributed by atoms with van der Waals surface area (Å²) in [5.41, 5.74) is 2.02. The first-order chi connectivity index (χ1) is 20.8. The van der Waals surface area contributed by atoms with Gasteiger partial charge >= 0.3 is 0 Å². The molecule has 2 saturated heterocycles. The molecule has 0 radical (unpaired) electrons. The fourth-order valence-corrected chi connectivity index (χ4v) is 6.96. The first-order valence-corrected chi connectivity index (χ1v) is 16.2. The molecule has 3 amide bonds. The molecule has 2 fully saturated rings. The first-order valence-electron chi connectivity index (χ1n) is 14.3. The van der Waals surface area contributed by atoms with Crippen LogP contribution in [0.25, 0.3) is 0 Å². The van der Waals surface area contributed by atoms with Gasteiger partial charge in [-0.3, -0.25) is 14.4 Å². The number of aromatic hydroxyl groups is 1. The van der Waals surface area contributed by atoms with Crippen molar-refractivity contribution >= 4 is 33.2 Å². The van der Waals surface area contributed by atoms with Gasteiger partial charge in [-0.25, -0.2) is 8.42 Å². The lowest BCUT2D eigenvalue weighted by molar-refractivity contribution is -0.135. The summed E-state index contributed by atoms with van der Waals surface area (Å²) in [4.78, 5) is 45.8. The topological polar surface area (TPSA) is 148 Å². The fourth-order valence-electron chi connectivity index (χ4n) is 6.08. The van der Waals surface area contributed by atoms with Crippen molar-refractivity contribution in [1.29, 1.82) is 0 Å². The van der Waals surface area contributed by atoms with Crippen molar-refractivity contribution in [2.45, 2.75) is 42.0 Å². The Labute approximate surface area is 256 Å². The maximum atomic E-state index is 14.1. The number of phenolic OH excluding ortho intramolecular Hbond substituents is 1. The van der Waals surface area contributed by atoms with Crippen LogP contribution in [-0.2, 0) is 21.1 Å². The normalized spacial score (nSPS) is 20.2. The van der Waals surface area contributed by atoms with Crippen LogP contribution >= 0.6 is 0 Å². The minimum absolute atomic E-state index is 0.0189. The molecule has 0 bridgehead atoms. The SMILES string of the molecule is CN(C)c1ccc(C(=O)N[C@@H](Cc2ccc(O)cc2)C(=O)N2CC[C@@H]3[C@H]2C(O)CN3C(=O)c2ccccc2S(C)(=O)=O)cc1. The van der Waals surface area contributed by atoms with Crippen molar-refractivity contribution in [3.63, 3.8) is 0 Å². The highest BCUT2D eigenvalue weighted by molar-refractivity contribution is 7.90. The number of carbonyl (C=O) groups excluding carboxylic acids is 3. The Kier molecular flexibility index (Phi) is 8.66. The molecule has 0 aromatic heterocycles. The van der Waals surface area contributed by atoms with E-state index >= 15 is 0 Å². The van der Waals surface area contributed by atoms with Gasteiger partial charge in [-0.2, -0.15) is 0 Å². The highest BCUT2D eigenvalue weighted by Gasteiger charge is 2.52. The molecule has 0 spiro atoms. The number of hydrogen-bond donors (Lipinski definition) is 3. The molecular weight excluding hydrogens is 584 g/mol. The van der Waals surface area contributed by atoms with Crippen LogP contribution < -0.4 is 10.2 Å². The Morgan fingerprint density at radius 2 is 1.64 bits per heavy atom. The lowest BCUT2D eigenvalue weighted by Gasteiger charge is -2.30. The number of phenols is 1. The number of likely N-dealkylation sites (tertiary alicyclic amines) is 2. The number of sulfone groups is 1. The second-order valence-electron chi connectivity index (χ2n) is 11.5. The molecule has 3 N–H and O–H groups in total. The van der Waals surface area contributed by atoms with E-state index in [9.17, 15) is 33.0 Å². The number of β-amino-alcohol motifs (C(OH)–C–C–N with tert-alkyl or cyclic N) is 1. The summed E-state index contributed by atoms with van der Waals surface area (Å²) in [7, 11) is 0.0948. The van der Waals surface area contributed by atoms with Crippen molar-refractivity contribution < 1.29 is 33.0 Å². The van der Waals surface area contributed by atoms with Crippen LogP contribution in [-0.4, -0.2) is 104 Å². The molecule has 3 aromatic rings. The van der Waals surface area contributed by atoms with Crippen LogP contribution in [0, 0.1) is 0 Å². The van der Waals surface area contributed by atoms with Gasteiger partial charge in [0.25, 0.3) is 11.8 Å². The zero-order valence-electron chi connectivity index (χ0n) is 24.8. The first kappa shape index (κ1) is 31.0. The van der Waals surface area contributed by atoms with E-state index in [0.29, 0.717) is 17.5 Å². The highest BCUT2D eigenvalue weighted by atomic mass is 32.2. The molecule has 2 heterocycles. The smallest absolute Gasteiger partial charge is 0.255 e. The van der Waals surface area contributed by atoms with E-state index < -0.39 is 51.8 Å². The van der Waals surface area contributed by atoms with Crippen LogP contribution in [0.3, 0.4) is 0 Å². The number of amides is 3. The zero-order chi connectivity index (χ0) is 31.8. The monoisotopic (exact) mass is 620 g/mol. The minimum atomic E-state index is -3.69. The second kappa shape index (κ2) is 12.3. The summed E-state index contributed by atoms with van der Waals surface area (Å²) in [5, 5.41) is 23.7. The maximum absolute atomic E-state index is 14.1. The van der Waals surface area contributed by atoms with E-state index in [2.05, 4.69) is 5.32 Å². The number of fused-ring (bicyclic) bond motifs is 1. The van der Waals surface area contributed by atoms with E-state index in [1.165, 1.54) is 34.1 Å². The lowest BCUT2D eigenvalue weighted by Crippen LogP contribution is -2.54. The van der Waals surface area contributed by atoms with E-state index in [1.807, 2.05) is 19.0 Å². The number of nitrogens with one attached hydrogen (secondary N) is 1. The van der Waals surface area contributed by atoms with Crippen molar-refractivity contribution in [2.75, 3.05) is 38.3 Å². The van der Waals surface area contributed by atoms with Crippen LogP contribution in [0.1, 0.15) is 32.7 Å². The predicted molar refractivity (Wildman–Crippen MR) is 164 cm³/mol. The number of aliphatic hydroxyl groups excluding tert-OH is 1. The molecule has 2 aliphatic rings.